The molecule has 17 heavy (non-hydrogen) atoms. The zero-order valence-corrected chi connectivity index (χ0v) is 9.85. The number of para-hydroxylation sites is 1. The van der Waals surface area contributed by atoms with Gasteiger partial charge in [-0.15, -0.1) is 0 Å². The van der Waals surface area contributed by atoms with Crippen LogP contribution in [0.2, 0.25) is 5.02 Å². The van der Waals surface area contributed by atoms with Gasteiger partial charge in [0.2, 0.25) is 5.91 Å². The number of halogens is 1. The minimum atomic E-state index is -1.04. The Balaban J connectivity index is 2.28. The van der Waals surface area contributed by atoms with E-state index in [9.17, 15) is 9.59 Å². The number of rotatable bonds is 4. The zero-order chi connectivity index (χ0) is 12.4. The molecule has 0 spiro atoms. The normalized spacial score (nSPS) is 14.4. The molecule has 0 radical (unpaired) electrons. The molecule has 1 aromatic carbocycles. The first-order valence-electron chi connectivity index (χ1n) is 5.37. The lowest BCUT2D eigenvalue weighted by molar-refractivity contribution is -0.136. The molecule has 1 aromatic rings. The topological polar surface area (TPSA) is 57.6 Å². The summed E-state index contributed by atoms with van der Waals surface area (Å²) in [6, 6.07) is 6.78. The fraction of sp³-hybridized carbons (Fsp3) is 0.333. The van der Waals surface area contributed by atoms with E-state index in [4.69, 9.17) is 16.7 Å². The monoisotopic (exact) mass is 253 g/mol. The first-order valence-corrected chi connectivity index (χ1v) is 5.75. The Morgan fingerprint density at radius 1 is 1.35 bits per heavy atom. The summed E-state index contributed by atoms with van der Waals surface area (Å²) in [6.07, 6.45) is 1.67. The fourth-order valence-electron chi connectivity index (χ4n) is 1.64. The standard InChI is InChI=1S/C12H12ClNO3/c13-9-3-1-2-4-10(9)14(7-11(15)16)12(17)8-5-6-8/h1-4,8H,5-7H2,(H,15,16). The van der Waals surface area contributed by atoms with Crippen LogP contribution in [0, 0.1) is 5.92 Å². The van der Waals surface area contributed by atoms with Crippen LogP contribution in [-0.2, 0) is 9.59 Å². The smallest absolute Gasteiger partial charge is 0.323 e. The number of carboxylic acids is 1. The highest BCUT2D eigenvalue weighted by Gasteiger charge is 2.35. The minimum absolute atomic E-state index is 0.0365. The predicted molar refractivity (Wildman–Crippen MR) is 64.2 cm³/mol. The summed E-state index contributed by atoms with van der Waals surface area (Å²) < 4.78 is 0. The van der Waals surface area contributed by atoms with E-state index in [2.05, 4.69) is 0 Å². The Kier molecular flexibility index (Phi) is 3.33. The highest BCUT2D eigenvalue weighted by Crippen LogP contribution is 2.34. The zero-order valence-electron chi connectivity index (χ0n) is 9.10. The number of hydrogen-bond donors (Lipinski definition) is 1. The molecule has 1 fully saturated rings. The Hall–Kier alpha value is -1.55. The average molecular weight is 254 g/mol. The van der Waals surface area contributed by atoms with Crippen LogP contribution in [0.3, 0.4) is 0 Å². The van der Waals surface area contributed by atoms with Crippen LogP contribution in [-0.4, -0.2) is 23.5 Å². The Morgan fingerprint density at radius 3 is 2.53 bits per heavy atom. The van der Waals surface area contributed by atoms with Gasteiger partial charge < -0.3 is 5.11 Å². The summed E-state index contributed by atoms with van der Waals surface area (Å²) in [6.45, 7) is -0.348. The molecular formula is C12H12ClNO3. The molecule has 1 N–H and O–H groups in total. The Labute approximate surface area is 104 Å². The van der Waals surface area contributed by atoms with Gasteiger partial charge in [-0.3, -0.25) is 14.5 Å². The maximum Gasteiger partial charge on any atom is 0.323 e. The van der Waals surface area contributed by atoms with Gasteiger partial charge in [0, 0.05) is 5.92 Å². The molecule has 1 aliphatic carbocycles. The third-order valence-electron chi connectivity index (χ3n) is 2.63. The molecule has 90 valence electrons. The number of anilines is 1. The quantitative estimate of drug-likeness (QED) is 0.895. The van der Waals surface area contributed by atoms with Gasteiger partial charge in [-0.1, -0.05) is 23.7 Å². The SMILES string of the molecule is O=C(O)CN(C(=O)C1CC1)c1ccccc1Cl. The van der Waals surface area contributed by atoms with Crippen LogP contribution in [0.15, 0.2) is 24.3 Å². The number of carbonyl (C=O) groups is 2. The number of carboxylic acid groups (broad SMARTS) is 1. The second-order valence-electron chi connectivity index (χ2n) is 4.04. The number of carbonyl (C=O) groups excluding carboxylic acids is 1. The highest BCUT2D eigenvalue weighted by molar-refractivity contribution is 6.34. The van der Waals surface area contributed by atoms with Crippen molar-refractivity contribution in [2.75, 3.05) is 11.4 Å². The van der Waals surface area contributed by atoms with Crippen LogP contribution in [0.25, 0.3) is 0 Å². The van der Waals surface area contributed by atoms with Gasteiger partial charge in [-0.25, -0.2) is 0 Å². The third-order valence-corrected chi connectivity index (χ3v) is 2.95. The summed E-state index contributed by atoms with van der Waals surface area (Å²) >= 11 is 5.98. The lowest BCUT2D eigenvalue weighted by Crippen LogP contribution is -2.36. The van der Waals surface area contributed by atoms with Crippen molar-refractivity contribution in [1.82, 2.24) is 0 Å². The third kappa shape index (κ3) is 2.77. The second-order valence-corrected chi connectivity index (χ2v) is 4.45. The van der Waals surface area contributed by atoms with Crippen molar-refractivity contribution in [2.24, 2.45) is 5.92 Å². The van der Waals surface area contributed by atoms with Gasteiger partial charge in [-0.2, -0.15) is 0 Å². The van der Waals surface area contributed by atoms with Crippen molar-refractivity contribution in [2.45, 2.75) is 12.8 Å². The van der Waals surface area contributed by atoms with Gasteiger partial charge >= 0.3 is 5.97 Å². The van der Waals surface area contributed by atoms with Gasteiger partial charge in [0.25, 0.3) is 0 Å². The van der Waals surface area contributed by atoms with Gasteiger partial charge in [0.15, 0.2) is 0 Å². The van der Waals surface area contributed by atoms with Gasteiger partial charge in [-0.05, 0) is 25.0 Å². The molecule has 0 aliphatic heterocycles. The van der Waals surface area contributed by atoms with Crippen LogP contribution in [0.4, 0.5) is 5.69 Å². The second kappa shape index (κ2) is 4.75. The maximum absolute atomic E-state index is 12.0. The number of hydrogen-bond acceptors (Lipinski definition) is 2. The average Bonchev–Trinajstić information content (AvgIpc) is 3.09. The first-order chi connectivity index (χ1) is 8.09. The lowest BCUT2D eigenvalue weighted by Gasteiger charge is -2.21. The van der Waals surface area contributed by atoms with Crippen LogP contribution in [0.1, 0.15) is 12.8 Å². The summed E-state index contributed by atoms with van der Waals surface area (Å²) in [5, 5.41) is 9.24. The largest absolute Gasteiger partial charge is 0.480 e. The highest BCUT2D eigenvalue weighted by atomic mass is 35.5. The lowest BCUT2D eigenvalue weighted by atomic mass is 10.2. The van der Waals surface area contributed by atoms with Gasteiger partial charge in [0.1, 0.15) is 6.54 Å². The molecule has 5 heteroatoms. The molecule has 1 amide bonds. The number of aliphatic carboxylic acids is 1. The molecule has 0 aromatic heterocycles. The van der Waals surface area contributed by atoms with E-state index in [-0.39, 0.29) is 18.4 Å². The Morgan fingerprint density at radius 2 is 2.00 bits per heavy atom. The summed E-state index contributed by atoms with van der Waals surface area (Å²) in [5.41, 5.74) is 0.466. The Bertz CT molecular complexity index is 457. The van der Waals surface area contributed by atoms with Crippen molar-refractivity contribution < 1.29 is 14.7 Å². The van der Waals surface area contributed by atoms with Crippen LogP contribution in [0.5, 0.6) is 0 Å². The van der Waals surface area contributed by atoms with Crippen molar-refractivity contribution in [3.63, 3.8) is 0 Å². The summed E-state index contributed by atoms with van der Waals surface area (Å²) in [4.78, 5) is 24.1. The number of amides is 1. The maximum atomic E-state index is 12.0. The van der Waals surface area contributed by atoms with E-state index in [0.717, 1.165) is 12.8 Å². The molecule has 2 rings (SSSR count). The minimum Gasteiger partial charge on any atom is -0.480 e. The van der Waals surface area contributed by atoms with Crippen LogP contribution < -0.4 is 4.90 Å². The van der Waals surface area contributed by atoms with Crippen LogP contribution >= 0.6 is 11.6 Å². The van der Waals surface area contributed by atoms with E-state index in [1.165, 1.54) is 4.90 Å². The van der Waals surface area contributed by atoms with E-state index in [0.29, 0.717) is 10.7 Å². The molecule has 0 atom stereocenters. The molecule has 4 nitrogen and oxygen atoms in total. The molecule has 0 heterocycles. The molecule has 1 saturated carbocycles. The van der Waals surface area contributed by atoms with Crippen molar-refractivity contribution in [3.05, 3.63) is 29.3 Å². The van der Waals surface area contributed by atoms with E-state index < -0.39 is 5.97 Å². The molecular weight excluding hydrogens is 242 g/mol. The molecule has 0 bridgehead atoms. The first kappa shape index (κ1) is 11.9. The van der Waals surface area contributed by atoms with E-state index in [1.807, 2.05) is 0 Å². The van der Waals surface area contributed by atoms with Crippen molar-refractivity contribution in [3.8, 4) is 0 Å². The van der Waals surface area contributed by atoms with E-state index in [1.54, 1.807) is 24.3 Å². The van der Waals surface area contributed by atoms with Crippen molar-refractivity contribution in [1.29, 1.82) is 0 Å². The predicted octanol–water partition coefficient (Wildman–Crippen LogP) is 2.17. The fourth-order valence-corrected chi connectivity index (χ4v) is 1.88. The van der Waals surface area contributed by atoms with Gasteiger partial charge in [0.05, 0.1) is 10.7 Å². The number of nitrogens with zero attached hydrogens (tertiary/aromatic N) is 1. The molecule has 1 aliphatic rings. The summed E-state index contributed by atoms with van der Waals surface area (Å²) in [7, 11) is 0. The van der Waals surface area contributed by atoms with E-state index >= 15 is 0 Å². The summed E-state index contributed by atoms with van der Waals surface area (Å²) in [5.74, 6) is -1.23. The number of benzene rings is 1. The molecule has 0 saturated heterocycles. The van der Waals surface area contributed by atoms with Crippen molar-refractivity contribution >= 4 is 29.2 Å². The molecule has 0 unspecified atom stereocenters.